The van der Waals surface area contributed by atoms with Gasteiger partial charge in [0.1, 0.15) is 16.3 Å². The van der Waals surface area contributed by atoms with Crippen LogP contribution < -0.4 is 5.32 Å². The third kappa shape index (κ3) is 2.98. The summed E-state index contributed by atoms with van der Waals surface area (Å²) in [6, 6.07) is 4.90. The van der Waals surface area contributed by atoms with Gasteiger partial charge in [-0.2, -0.15) is 0 Å². The van der Waals surface area contributed by atoms with Gasteiger partial charge < -0.3 is 10.1 Å². The summed E-state index contributed by atoms with van der Waals surface area (Å²) in [5.74, 6) is -0.689. The molecular formula is C18H18FN3O2S2. The number of anilines is 2. The highest BCUT2D eigenvalue weighted by Crippen LogP contribution is 2.40. The molecule has 0 amide bonds. The van der Waals surface area contributed by atoms with Gasteiger partial charge in [-0.1, -0.05) is 24.3 Å². The second kappa shape index (κ2) is 6.94. The molecule has 2 aromatic heterocycles. The smallest absolute Gasteiger partial charge is 0.341 e. The molecule has 3 aromatic rings. The van der Waals surface area contributed by atoms with Gasteiger partial charge in [-0.3, -0.25) is 4.90 Å². The predicted octanol–water partition coefficient (Wildman–Crippen LogP) is 4.41. The molecule has 0 bridgehead atoms. The maximum absolute atomic E-state index is 13.9. The van der Waals surface area contributed by atoms with E-state index in [2.05, 4.69) is 22.1 Å². The van der Waals surface area contributed by atoms with Crippen molar-refractivity contribution in [1.82, 2.24) is 9.88 Å². The van der Waals surface area contributed by atoms with E-state index in [9.17, 15) is 9.18 Å². The fraction of sp³-hybridized carbons (Fsp3) is 0.333. The van der Waals surface area contributed by atoms with Gasteiger partial charge in [0.2, 0.25) is 0 Å². The molecule has 0 aliphatic carbocycles. The Morgan fingerprint density at radius 1 is 1.42 bits per heavy atom. The Morgan fingerprint density at radius 2 is 2.27 bits per heavy atom. The van der Waals surface area contributed by atoms with Gasteiger partial charge in [-0.05, 0) is 30.7 Å². The van der Waals surface area contributed by atoms with Crippen LogP contribution in [0.1, 0.15) is 27.7 Å². The molecule has 1 N–H and O–H groups in total. The van der Waals surface area contributed by atoms with Gasteiger partial charge in [-0.25, -0.2) is 14.2 Å². The first-order chi connectivity index (χ1) is 12.6. The van der Waals surface area contributed by atoms with Gasteiger partial charge >= 0.3 is 5.97 Å². The number of carbonyl (C=O) groups is 1. The van der Waals surface area contributed by atoms with Gasteiger partial charge in [-0.15, -0.1) is 11.3 Å². The molecule has 0 spiro atoms. The van der Waals surface area contributed by atoms with E-state index in [1.807, 2.05) is 6.07 Å². The summed E-state index contributed by atoms with van der Waals surface area (Å²) in [7, 11) is 1.39. The Morgan fingerprint density at radius 3 is 3.00 bits per heavy atom. The van der Waals surface area contributed by atoms with Crippen LogP contribution in [-0.4, -0.2) is 36.1 Å². The lowest BCUT2D eigenvalue weighted by Crippen LogP contribution is -2.29. The quantitative estimate of drug-likeness (QED) is 0.668. The summed E-state index contributed by atoms with van der Waals surface area (Å²) in [4.78, 5) is 20.3. The summed E-state index contributed by atoms with van der Waals surface area (Å²) in [6.45, 7) is 4.87. The maximum atomic E-state index is 13.9. The van der Waals surface area contributed by atoms with Crippen LogP contribution in [0.5, 0.6) is 0 Å². The number of hydrogen-bond acceptors (Lipinski definition) is 7. The summed E-state index contributed by atoms with van der Waals surface area (Å²) in [5, 5.41) is 4.53. The fourth-order valence-corrected chi connectivity index (χ4v) is 5.42. The van der Waals surface area contributed by atoms with Gasteiger partial charge in [0.05, 0.1) is 17.4 Å². The van der Waals surface area contributed by atoms with Crippen LogP contribution >= 0.6 is 22.7 Å². The zero-order chi connectivity index (χ0) is 18.3. The zero-order valence-electron chi connectivity index (χ0n) is 14.5. The Labute approximate surface area is 158 Å². The minimum absolute atomic E-state index is 0.343. The average molecular weight is 391 g/mol. The van der Waals surface area contributed by atoms with Gasteiger partial charge in [0.25, 0.3) is 0 Å². The van der Waals surface area contributed by atoms with E-state index in [1.165, 1.54) is 29.4 Å². The van der Waals surface area contributed by atoms with Crippen LogP contribution in [0.2, 0.25) is 0 Å². The number of thiazole rings is 1. The molecule has 0 unspecified atom stereocenters. The molecule has 0 saturated heterocycles. The number of esters is 1. The van der Waals surface area contributed by atoms with E-state index in [0.717, 1.165) is 41.3 Å². The number of nitrogens with one attached hydrogen (secondary N) is 1. The maximum Gasteiger partial charge on any atom is 0.341 e. The average Bonchev–Trinajstić information content (AvgIpc) is 3.22. The number of likely N-dealkylation sites (N-methyl/N-ethyl adjacent to an activating group) is 1. The second-order valence-electron chi connectivity index (χ2n) is 6.05. The highest BCUT2D eigenvalue weighted by atomic mass is 32.1. The summed E-state index contributed by atoms with van der Waals surface area (Å²) in [6.07, 6.45) is 0.820. The van der Waals surface area contributed by atoms with E-state index in [-0.39, 0.29) is 11.8 Å². The van der Waals surface area contributed by atoms with E-state index in [1.54, 1.807) is 17.4 Å². The number of benzene rings is 1. The lowest BCUT2D eigenvalue weighted by Gasteiger charge is -2.25. The van der Waals surface area contributed by atoms with Crippen LogP contribution in [0.25, 0.3) is 10.2 Å². The molecule has 1 aliphatic heterocycles. The summed E-state index contributed by atoms with van der Waals surface area (Å²) >= 11 is 2.92. The molecule has 8 heteroatoms. The Hall–Kier alpha value is -2.03. The molecule has 1 aromatic carbocycles. The van der Waals surface area contributed by atoms with Crippen molar-refractivity contribution in [3.63, 3.8) is 0 Å². The van der Waals surface area contributed by atoms with Crippen molar-refractivity contribution in [1.29, 1.82) is 0 Å². The van der Waals surface area contributed by atoms with E-state index in [0.29, 0.717) is 16.2 Å². The zero-order valence-corrected chi connectivity index (χ0v) is 16.1. The topological polar surface area (TPSA) is 54.5 Å². The first kappa shape index (κ1) is 17.4. The summed E-state index contributed by atoms with van der Waals surface area (Å²) < 4.78 is 19.7. The van der Waals surface area contributed by atoms with E-state index < -0.39 is 0 Å². The lowest BCUT2D eigenvalue weighted by molar-refractivity contribution is 0.0600. The molecule has 0 atom stereocenters. The second-order valence-corrected chi connectivity index (χ2v) is 8.18. The highest BCUT2D eigenvalue weighted by molar-refractivity contribution is 7.23. The number of carbonyl (C=O) groups excluding carboxylic acids is 1. The van der Waals surface area contributed by atoms with Crippen molar-refractivity contribution in [2.75, 3.05) is 25.5 Å². The lowest BCUT2D eigenvalue weighted by atomic mass is 10.0. The monoisotopic (exact) mass is 391 g/mol. The molecule has 0 saturated carbocycles. The molecule has 1 aliphatic rings. The van der Waals surface area contributed by atoms with Gasteiger partial charge in [0, 0.05) is 18.0 Å². The fourth-order valence-electron chi connectivity index (χ4n) is 3.20. The number of para-hydroxylation sites is 1. The van der Waals surface area contributed by atoms with E-state index >= 15 is 0 Å². The SMILES string of the molecule is CCN1CCc2c(sc(Nc3nc4c(F)cccc4s3)c2C(=O)OC)C1. The standard InChI is InChI=1S/C18H18FN3O2S2/c1-3-22-8-7-10-13(9-22)25-16(14(10)17(23)24-2)21-18-20-15-11(19)5-4-6-12(15)26-18/h4-6H,3,7-9H2,1-2H3,(H,20,21). The number of methoxy groups -OCH3 is 1. The largest absolute Gasteiger partial charge is 0.465 e. The van der Waals surface area contributed by atoms with Crippen LogP contribution in [0, 0.1) is 5.82 Å². The number of rotatable bonds is 4. The van der Waals surface area contributed by atoms with Crippen molar-refractivity contribution in [3.05, 3.63) is 40.0 Å². The molecule has 3 heterocycles. The third-order valence-electron chi connectivity index (χ3n) is 4.56. The molecular weight excluding hydrogens is 373 g/mol. The first-order valence-electron chi connectivity index (χ1n) is 8.38. The molecule has 26 heavy (non-hydrogen) atoms. The van der Waals surface area contributed by atoms with Crippen LogP contribution in [0.4, 0.5) is 14.5 Å². The van der Waals surface area contributed by atoms with Crippen LogP contribution in [-0.2, 0) is 17.7 Å². The number of thiophene rings is 1. The minimum atomic E-state index is -0.345. The van der Waals surface area contributed by atoms with Crippen molar-refractivity contribution >= 4 is 49.0 Å². The number of ether oxygens (including phenoxy) is 1. The van der Waals surface area contributed by atoms with Gasteiger partial charge in [0.15, 0.2) is 5.13 Å². The molecule has 0 fully saturated rings. The van der Waals surface area contributed by atoms with Crippen molar-refractivity contribution < 1.29 is 13.9 Å². The number of halogens is 1. The van der Waals surface area contributed by atoms with Crippen molar-refractivity contribution in [2.24, 2.45) is 0 Å². The minimum Gasteiger partial charge on any atom is -0.465 e. The van der Waals surface area contributed by atoms with Crippen molar-refractivity contribution in [3.8, 4) is 0 Å². The Bertz CT molecular complexity index is 982. The molecule has 136 valence electrons. The van der Waals surface area contributed by atoms with E-state index in [4.69, 9.17) is 4.74 Å². The Kier molecular flexibility index (Phi) is 4.64. The highest BCUT2D eigenvalue weighted by Gasteiger charge is 2.28. The molecule has 0 radical (unpaired) electrons. The van der Waals surface area contributed by atoms with Crippen molar-refractivity contribution in [2.45, 2.75) is 19.9 Å². The Balaban J connectivity index is 1.74. The van der Waals surface area contributed by atoms with Crippen LogP contribution in [0.3, 0.4) is 0 Å². The predicted molar refractivity (Wildman–Crippen MR) is 103 cm³/mol. The molecule has 5 nitrogen and oxygen atoms in total. The first-order valence-corrected chi connectivity index (χ1v) is 10.0. The third-order valence-corrected chi connectivity index (χ3v) is 6.63. The summed E-state index contributed by atoms with van der Waals surface area (Å²) in [5.41, 5.74) is 1.99. The van der Waals surface area contributed by atoms with Crippen LogP contribution in [0.15, 0.2) is 18.2 Å². The number of hydrogen-bond donors (Lipinski definition) is 1. The molecule has 4 rings (SSSR count). The normalized spacial score (nSPS) is 14.4. The number of fused-ring (bicyclic) bond motifs is 2. The number of aromatic nitrogens is 1. The number of nitrogens with zero attached hydrogens (tertiary/aromatic N) is 2.